The van der Waals surface area contributed by atoms with E-state index in [4.69, 9.17) is 9.72 Å². The Balaban J connectivity index is 2.95. The Labute approximate surface area is 128 Å². The zero-order valence-corrected chi connectivity index (χ0v) is 14.7. The van der Waals surface area contributed by atoms with E-state index >= 15 is 0 Å². The Morgan fingerprint density at radius 3 is 2.25 bits per heavy atom. The van der Waals surface area contributed by atoms with Gasteiger partial charge in [0, 0.05) is 23.9 Å². The minimum absolute atomic E-state index is 0.0851. The molecule has 1 rings (SSSR count). The summed E-state index contributed by atoms with van der Waals surface area (Å²) >= 11 is 1.82. The molecule has 3 nitrogen and oxygen atoms in total. The van der Waals surface area contributed by atoms with Crippen LogP contribution in [0.25, 0.3) is 0 Å². The first-order chi connectivity index (χ1) is 9.52. The largest absolute Gasteiger partial charge is 0.374 e. The molecule has 0 aromatic carbocycles. The second-order valence-electron chi connectivity index (χ2n) is 5.27. The van der Waals surface area contributed by atoms with Crippen LogP contribution in [0, 0.1) is 13.8 Å². The van der Waals surface area contributed by atoms with Gasteiger partial charge in [-0.3, -0.25) is 0 Å². The lowest BCUT2D eigenvalue weighted by molar-refractivity contribution is -0.0715. The number of aryl methyl sites for hydroxylation is 2. The third kappa shape index (κ3) is 4.03. The van der Waals surface area contributed by atoms with Crippen LogP contribution in [-0.2, 0) is 11.2 Å². The highest BCUT2D eigenvalue weighted by Gasteiger charge is 2.36. The molecule has 116 valence electrons. The average molecular weight is 298 g/mol. The van der Waals surface area contributed by atoms with Gasteiger partial charge in [0.1, 0.15) is 0 Å². The highest BCUT2D eigenvalue weighted by molar-refractivity contribution is 7.11. The van der Waals surface area contributed by atoms with Crippen molar-refractivity contribution in [2.45, 2.75) is 72.4 Å². The molecule has 0 spiro atoms. The van der Waals surface area contributed by atoms with E-state index in [1.807, 2.05) is 11.3 Å². The summed E-state index contributed by atoms with van der Waals surface area (Å²) < 4.78 is 6.17. The molecule has 1 atom stereocenters. The van der Waals surface area contributed by atoms with Crippen molar-refractivity contribution < 1.29 is 4.74 Å². The van der Waals surface area contributed by atoms with E-state index in [9.17, 15) is 0 Å². The topological polar surface area (TPSA) is 34.2 Å². The molecule has 0 aliphatic rings. The van der Waals surface area contributed by atoms with E-state index in [2.05, 4.69) is 46.9 Å². The fourth-order valence-electron chi connectivity index (χ4n) is 2.83. The SMILES string of the molecule is CCNC(Cc1nc(C)c(C)s1)C(CC)(CC)OCC. The number of nitrogens with zero attached hydrogens (tertiary/aromatic N) is 1. The minimum atomic E-state index is -0.0851. The molecule has 20 heavy (non-hydrogen) atoms. The second kappa shape index (κ2) is 8.11. The molecule has 4 heteroatoms. The number of hydrogen-bond donors (Lipinski definition) is 1. The Kier molecular flexibility index (Phi) is 7.13. The lowest BCUT2D eigenvalue weighted by atomic mass is 9.86. The first-order valence-electron chi connectivity index (χ1n) is 7.83. The third-order valence-electron chi connectivity index (χ3n) is 4.17. The van der Waals surface area contributed by atoms with Crippen LogP contribution in [0.5, 0.6) is 0 Å². The zero-order valence-electron chi connectivity index (χ0n) is 13.9. The minimum Gasteiger partial charge on any atom is -0.374 e. The summed E-state index contributed by atoms with van der Waals surface area (Å²) in [6, 6.07) is 0.326. The van der Waals surface area contributed by atoms with Gasteiger partial charge in [-0.25, -0.2) is 4.98 Å². The highest BCUT2D eigenvalue weighted by atomic mass is 32.1. The molecule has 1 unspecified atom stereocenters. The molecule has 1 N–H and O–H groups in total. The van der Waals surface area contributed by atoms with Gasteiger partial charge in [-0.2, -0.15) is 0 Å². The lowest BCUT2D eigenvalue weighted by Crippen LogP contribution is -2.53. The van der Waals surface area contributed by atoms with Crippen molar-refractivity contribution in [2.24, 2.45) is 0 Å². The first kappa shape index (κ1) is 17.6. The summed E-state index contributed by atoms with van der Waals surface area (Å²) in [4.78, 5) is 6.02. The first-order valence-corrected chi connectivity index (χ1v) is 8.64. The van der Waals surface area contributed by atoms with Crippen molar-refractivity contribution in [1.82, 2.24) is 10.3 Å². The van der Waals surface area contributed by atoms with Crippen LogP contribution in [0.15, 0.2) is 0 Å². The van der Waals surface area contributed by atoms with Crippen LogP contribution in [0.2, 0.25) is 0 Å². The molecule has 1 heterocycles. The van der Waals surface area contributed by atoms with E-state index in [1.165, 1.54) is 9.88 Å². The number of hydrogen-bond acceptors (Lipinski definition) is 4. The maximum atomic E-state index is 6.17. The predicted molar refractivity (Wildman–Crippen MR) is 87.7 cm³/mol. The molecule has 0 amide bonds. The maximum Gasteiger partial charge on any atom is 0.0947 e. The van der Waals surface area contributed by atoms with Crippen molar-refractivity contribution in [1.29, 1.82) is 0 Å². The molecule has 1 aromatic heterocycles. The number of ether oxygens (including phenoxy) is 1. The van der Waals surface area contributed by atoms with Gasteiger partial charge in [-0.15, -0.1) is 11.3 Å². The van der Waals surface area contributed by atoms with Gasteiger partial charge < -0.3 is 10.1 Å². The van der Waals surface area contributed by atoms with E-state index in [1.54, 1.807) is 0 Å². The van der Waals surface area contributed by atoms with Crippen LogP contribution >= 0.6 is 11.3 Å². The van der Waals surface area contributed by atoms with Gasteiger partial charge in [-0.1, -0.05) is 20.8 Å². The molecular formula is C16H30N2OS. The quantitative estimate of drug-likeness (QED) is 0.751. The molecule has 0 bridgehead atoms. The van der Waals surface area contributed by atoms with Crippen LogP contribution in [0.4, 0.5) is 0 Å². The molecule has 1 aromatic rings. The fourth-order valence-corrected chi connectivity index (χ4v) is 3.81. The number of likely N-dealkylation sites (N-methyl/N-ethyl adjacent to an activating group) is 1. The zero-order chi connectivity index (χ0) is 15.2. The molecule has 0 fully saturated rings. The van der Waals surface area contributed by atoms with Crippen LogP contribution in [0.3, 0.4) is 0 Å². The van der Waals surface area contributed by atoms with Crippen LogP contribution in [0.1, 0.15) is 56.1 Å². The Bertz CT molecular complexity index is 380. The van der Waals surface area contributed by atoms with E-state index in [0.717, 1.165) is 38.1 Å². The van der Waals surface area contributed by atoms with Crippen molar-refractivity contribution in [2.75, 3.05) is 13.2 Å². The third-order valence-corrected chi connectivity index (χ3v) is 5.26. The molecule has 0 saturated heterocycles. The lowest BCUT2D eigenvalue weighted by Gasteiger charge is -2.39. The number of aromatic nitrogens is 1. The fraction of sp³-hybridized carbons (Fsp3) is 0.812. The molecule has 0 radical (unpaired) electrons. The smallest absolute Gasteiger partial charge is 0.0947 e. The van der Waals surface area contributed by atoms with Crippen LogP contribution in [-0.4, -0.2) is 29.8 Å². The normalized spacial score (nSPS) is 13.7. The van der Waals surface area contributed by atoms with Crippen molar-refractivity contribution in [3.63, 3.8) is 0 Å². The predicted octanol–water partition coefficient (Wildman–Crippen LogP) is 3.88. The maximum absolute atomic E-state index is 6.17. The standard InChI is InChI=1S/C16H30N2OS/c1-7-16(8-2,19-10-4)14(17-9-3)11-15-18-12(5)13(6)20-15/h14,17H,7-11H2,1-6H3. The number of nitrogens with one attached hydrogen (secondary N) is 1. The number of rotatable bonds is 9. The van der Waals surface area contributed by atoms with Gasteiger partial charge in [0.25, 0.3) is 0 Å². The van der Waals surface area contributed by atoms with Gasteiger partial charge in [0.05, 0.1) is 16.3 Å². The van der Waals surface area contributed by atoms with Crippen molar-refractivity contribution >= 4 is 11.3 Å². The molecule has 0 aliphatic carbocycles. The Hall–Kier alpha value is -0.450. The Morgan fingerprint density at radius 2 is 1.85 bits per heavy atom. The van der Waals surface area contributed by atoms with Crippen molar-refractivity contribution in [3.8, 4) is 0 Å². The van der Waals surface area contributed by atoms with Gasteiger partial charge in [0.15, 0.2) is 0 Å². The summed E-state index contributed by atoms with van der Waals surface area (Å²) in [7, 11) is 0. The summed E-state index contributed by atoms with van der Waals surface area (Å²) in [6.07, 6.45) is 3.01. The van der Waals surface area contributed by atoms with Crippen LogP contribution < -0.4 is 5.32 Å². The average Bonchev–Trinajstić information content (AvgIpc) is 2.74. The van der Waals surface area contributed by atoms with Gasteiger partial charge in [0.2, 0.25) is 0 Å². The molecular weight excluding hydrogens is 268 g/mol. The summed E-state index contributed by atoms with van der Waals surface area (Å²) in [5.74, 6) is 0. The summed E-state index contributed by atoms with van der Waals surface area (Å²) in [6.45, 7) is 14.7. The monoisotopic (exact) mass is 298 g/mol. The molecule has 0 aliphatic heterocycles. The summed E-state index contributed by atoms with van der Waals surface area (Å²) in [5.41, 5.74) is 1.08. The Morgan fingerprint density at radius 1 is 1.20 bits per heavy atom. The van der Waals surface area contributed by atoms with E-state index < -0.39 is 0 Å². The highest BCUT2D eigenvalue weighted by Crippen LogP contribution is 2.29. The molecule has 0 saturated carbocycles. The van der Waals surface area contributed by atoms with Gasteiger partial charge >= 0.3 is 0 Å². The van der Waals surface area contributed by atoms with E-state index in [0.29, 0.717) is 6.04 Å². The number of thiazole rings is 1. The van der Waals surface area contributed by atoms with E-state index in [-0.39, 0.29) is 5.60 Å². The summed E-state index contributed by atoms with van der Waals surface area (Å²) in [5, 5.41) is 4.85. The van der Waals surface area contributed by atoms with Crippen molar-refractivity contribution in [3.05, 3.63) is 15.6 Å². The second-order valence-corrected chi connectivity index (χ2v) is 6.56. The van der Waals surface area contributed by atoms with Gasteiger partial charge in [-0.05, 0) is 40.2 Å².